The third kappa shape index (κ3) is 5.98. The van der Waals surface area contributed by atoms with Gasteiger partial charge in [0.25, 0.3) is 0 Å². The predicted molar refractivity (Wildman–Crippen MR) is 137 cm³/mol. The number of aryl methyl sites for hydroxylation is 2. The fourth-order valence-corrected chi connectivity index (χ4v) is 5.20. The van der Waals surface area contributed by atoms with Gasteiger partial charge < -0.3 is 20.1 Å². The van der Waals surface area contributed by atoms with Gasteiger partial charge in [-0.15, -0.1) is 0 Å². The Morgan fingerprint density at radius 2 is 1.95 bits per heavy atom. The van der Waals surface area contributed by atoms with Gasteiger partial charge in [-0.05, 0) is 81.4 Å². The number of pyridine rings is 1. The zero-order chi connectivity index (χ0) is 26.6. The number of nitrogens with zero attached hydrogens (tertiary/aromatic N) is 2. The Labute approximate surface area is 214 Å². The van der Waals surface area contributed by atoms with Gasteiger partial charge in [0.15, 0.2) is 11.6 Å². The maximum atomic E-state index is 13.8. The predicted octanol–water partition coefficient (Wildman–Crippen LogP) is 5.57. The van der Waals surface area contributed by atoms with Crippen molar-refractivity contribution < 1.29 is 27.8 Å². The molecule has 0 amide bonds. The summed E-state index contributed by atoms with van der Waals surface area (Å²) >= 11 is 0. The summed E-state index contributed by atoms with van der Waals surface area (Å²) in [4.78, 5) is 18.9. The number of fused-ring (bicyclic) bond motifs is 1. The molecule has 4 rings (SSSR count). The van der Waals surface area contributed by atoms with E-state index in [-0.39, 0.29) is 12.2 Å². The molecule has 9 heteroatoms. The largest absolute Gasteiger partial charge is 0.497 e. The topological polar surface area (TPSA) is 74.7 Å². The zero-order valence-electron chi connectivity index (χ0n) is 21.1. The third-order valence-electron chi connectivity index (χ3n) is 7.49. The van der Waals surface area contributed by atoms with Crippen LogP contribution in [0.3, 0.4) is 0 Å². The molecule has 2 aromatic carbocycles. The van der Waals surface area contributed by atoms with E-state index in [1.165, 1.54) is 0 Å². The van der Waals surface area contributed by atoms with Crippen LogP contribution in [-0.4, -0.2) is 54.2 Å². The van der Waals surface area contributed by atoms with Gasteiger partial charge in [0, 0.05) is 36.8 Å². The monoisotopic (exact) mass is 515 g/mol. The Balaban J connectivity index is 1.33. The van der Waals surface area contributed by atoms with Crippen LogP contribution in [-0.2, 0) is 11.2 Å². The van der Waals surface area contributed by atoms with Crippen molar-refractivity contribution in [3.05, 3.63) is 65.1 Å². The Kier molecular flexibility index (Phi) is 8.22. The molecule has 1 aromatic heterocycles. The average molecular weight is 516 g/mol. The van der Waals surface area contributed by atoms with Crippen molar-refractivity contribution in [1.82, 2.24) is 9.88 Å². The number of anilines is 1. The number of benzene rings is 2. The van der Waals surface area contributed by atoms with E-state index in [2.05, 4.69) is 15.2 Å². The first-order valence-electron chi connectivity index (χ1n) is 12.5. The standard InChI is InChI=1S/C28H32F3N3O3/c1-18-17-33-24-6-5-20(37-2)16-22(24)21(18)4-3-7-28(27(35)36)8-11-34(12-9-28)13-10-32-25-15-19(29)14-23(30)26(25)31/h5-6,14-17,32H,3-4,7-13H2,1-2H3,(H,35,36). The minimum atomic E-state index is -1.24. The van der Waals surface area contributed by atoms with E-state index in [0.29, 0.717) is 45.0 Å². The van der Waals surface area contributed by atoms with Gasteiger partial charge in [-0.3, -0.25) is 9.78 Å². The number of hydrogen-bond acceptors (Lipinski definition) is 5. The van der Waals surface area contributed by atoms with E-state index in [4.69, 9.17) is 4.74 Å². The Hall–Kier alpha value is -3.33. The number of carbonyl (C=O) groups is 1. The minimum absolute atomic E-state index is 0.217. The zero-order valence-corrected chi connectivity index (χ0v) is 21.1. The molecule has 0 spiro atoms. The molecule has 2 heterocycles. The summed E-state index contributed by atoms with van der Waals surface area (Å²) in [6.45, 7) is 3.99. The van der Waals surface area contributed by atoms with Crippen LogP contribution in [0.25, 0.3) is 10.9 Å². The van der Waals surface area contributed by atoms with Crippen molar-refractivity contribution in [3.63, 3.8) is 0 Å². The first-order valence-corrected chi connectivity index (χ1v) is 12.5. The Morgan fingerprint density at radius 1 is 1.19 bits per heavy atom. The summed E-state index contributed by atoms with van der Waals surface area (Å²) in [7, 11) is 1.63. The molecule has 3 aromatic rings. The van der Waals surface area contributed by atoms with Gasteiger partial charge in [-0.2, -0.15) is 0 Å². The van der Waals surface area contributed by atoms with Crippen LogP contribution < -0.4 is 10.1 Å². The molecule has 1 saturated heterocycles. The van der Waals surface area contributed by atoms with E-state index in [0.717, 1.165) is 46.7 Å². The number of aliphatic carboxylic acids is 1. The number of methoxy groups -OCH3 is 1. The minimum Gasteiger partial charge on any atom is -0.497 e. The van der Waals surface area contributed by atoms with Gasteiger partial charge in [0.1, 0.15) is 11.6 Å². The first kappa shape index (κ1) is 26.7. The normalized spacial score (nSPS) is 15.6. The van der Waals surface area contributed by atoms with Gasteiger partial charge in [0.05, 0.1) is 23.7 Å². The highest BCUT2D eigenvalue weighted by Gasteiger charge is 2.40. The van der Waals surface area contributed by atoms with Crippen molar-refractivity contribution in [1.29, 1.82) is 0 Å². The highest BCUT2D eigenvalue weighted by atomic mass is 19.2. The second-order valence-corrected chi connectivity index (χ2v) is 9.76. The lowest BCUT2D eigenvalue weighted by molar-refractivity contribution is -0.152. The molecule has 37 heavy (non-hydrogen) atoms. The number of piperidine rings is 1. The van der Waals surface area contributed by atoms with Crippen LogP contribution in [0.15, 0.2) is 36.5 Å². The number of carboxylic acids is 1. The molecule has 0 saturated carbocycles. The molecule has 0 radical (unpaired) electrons. The molecule has 6 nitrogen and oxygen atoms in total. The summed E-state index contributed by atoms with van der Waals surface area (Å²) in [5.74, 6) is -3.21. The van der Waals surface area contributed by atoms with E-state index in [1.54, 1.807) is 7.11 Å². The molecular formula is C28H32F3N3O3. The molecule has 1 aliphatic rings. The second kappa shape index (κ2) is 11.4. The summed E-state index contributed by atoms with van der Waals surface area (Å²) in [6, 6.07) is 7.22. The van der Waals surface area contributed by atoms with Gasteiger partial charge in [-0.1, -0.05) is 0 Å². The second-order valence-electron chi connectivity index (χ2n) is 9.76. The van der Waals surface area contributed by atoms with Crippen molar-refractivity contribution in [2.45, 2.75) is 39.0 Å². The smallest absolute Gasteiger partial charge is 0.309 e. The molecule has 0 unspecified atom stereocenters. The van der Waals surface area contributed by atoms with Crippen molar-refractivity contribution in [2.75, 3.05) is 38.6 Å². The third-order valence-corrected chi connectivity index (χ3v) is 7.49. The lowest BCUT2D eigenvalue weighted by Crippen LogP contribution is -2.45. The van der Waals surface area contributed by atoms with Gasteiger partial charge in [-0.25, -0.2) is 13.2 Å². The molecule has 198 valence electrons. The van der Waals surface area contributed by atoms with E-state index in [1.807, 2.05) is 31.3 Å². The summed E-state index contributed by atoms with van der Waals surface area (Å²) in [5, 5.41) is 13.9. The van der Waals surface area contributed by atoms with E-state index in [9.17, 15) is 23.1 Å². The molecule has 0 bridgehead atoms. The molecule has 1 fully saturated rings. The average Bonchev–Trinajstić information content (AvgIpc) is 2.88. The lowest BCUT2D eigenvalue weighted by Gasteiger charge is -2.39. The maximum Gasteiger partial charge on any atom is 0.309 e. The summed E-state index contributed by atoms with van der Waals surface area (Å²) in [5.41, 5.74) is 2.11. The van der Waals surface area contributed by atoms with Crippen LogP contribution in [0.5, 0.6) is 5.75 Å². The van der Waals surface area contributed by atoms with E-state index >= 15 is 0 Å². The molecular weight excluding hydrogens is 483 g/mol. The molecule has 2 N–H and O–H groups in total. The van der Waals surface area contributed by atoms with Crippen LogP contribution in [0.2, 0.25) is 0 Å². The number of likely N-dealkylation sites (tertiary alicyclic amines) is 1. The summed E-state index contributed by atoms with van der Waals surface area (Å²) < 4.78 is 46.0. The highest BCUT2D eigenvalue weighted by molar-refractivity contribution is 5.84. The van der Waals surface area contributed by atoms with Crippen molar-refractivity contribution in [2.24, 2.45) is 5.41 Å². The van der Waals surface area contributed by atoms with Crippen LogP contribution in [0, 0.1) is 29.8 Å². The number of rotatable bonds is 10. The number of carboxylic acid groups (broad SMARTS) is 1. The number of nitrogens with one attached hydrogen (secondary N) is 1. The quantitative estimate of drug-likeness (QED) is 0.344. The number of ether oxygens (including phenoxy) is 1. The van der Waals surface area contributed by atoms with Gasteiger partial charge in [0.2, 0.25) is 0 Å². The van der Waals surface area contributed by atoms with Gasteiger partial charge >= 0.3 is 5.97 Å². The van der Waals surface area contributed by atoms with Crippen LogP contribution >= 0.6 is 0 Å². The highest BCUT2D eigenvalue weighted by Crippen LogP contribution is 2.37. The van der Waals surface area contributed by atoms with Crippen LogP contribution in [0.4, 0.5) is 18.9 Å². The number of aromatic nitrogens is 1. The van der Waals surface area contributed by atoms with E-state index < -0.39 is 28.8 Å². The van der Waals surface area contributed by atoms with Crippen molar-refractivity contribution >= 4 is 22.6 Å². The molecule has 1 aliphatic heterocycles. The first-order chi connectivity index (χ1) is 17.7. The lowest BCUT2D eigenvalue weighted by atomic mass is 9.74. The number of hydrogen-bond donors (Lipinski definition) is 2. The molecule has 0 aliphatic carbocycles. The van der Waals surface area contributed by atoms with Crippen LogP contribution in [0.1, 0.15) is 36.8 Å². The fraction of sp³-hybridized carbons (Fsp3) is 0.429. The number of halogens is 3. The summed E-state index contributed by atoms with van der Waals surface area (Å²) in [6.07, 6.45) is 4.92. The van der Waals surface area contributed by atoms with Crippen molar-refractivity contribution in [3.8, 4) is 5.75 Å². The molecule has 0 atom stereocenters. The fourth-order valence-electron chi connectivity index (χ4n) is 5.20. The maximum absolute atomic E-state index is 13.8. The Bertz CT molecular complexity index is 1280. The SMILES string of the molecule is COc1ccc2ncc(C)c(CCCC3(C(=O)O)CCN(CCNc4cc(F)cc(F)c4F)CC3)c2c1. The Morgan fingerprint density at radius 3 is 2.65 bits per heavy atom.